The Morgan fingerprint density at radius 2 is 2.00 bits per heavy atom. The molecule has 0 spiro atoms. The van der Waals surface area contributed by atoms with Crippen molar-refractivity contribution in [1.82, 2.24) is 4.90 Å². The first-order valence-electron chi connectivity index (χ1n) is 9.06. The van der Waals surface area contributed by atoms with Gasteiger partial charge in [-0.05, 0) is 70.3 Å². The molecule has 0 N–H and O–H groups in total. The molecule has 0 aromatic heterocycles. The molecule has 0 amide bonds. The molecule has 1 saturated heterocycles. The molecule has 0 saturated carbocycles. The van der Waals surface area contributed by atoms with Gasteiger partial charge >= 0.3 is 0 Å². The zero-order valence-electron chi connectivity index (χ0n) is 15.3. The highest BCUT2D eigenvalue weighted by Gasteiger charge is 2.19. The molecule has 3 heteroatoms. The predicted molar refractivity (Wildman–Crippen MR) is 98.7 cm³/mol. The summed E-state index contributed by atoms with van der Waals surface area (Å²) in [6.45, 7) is 13.0. The fourth-order valence-electron chi connectivity index (χ4n) is 3.13. The van der Waals surface area contributed by atoms with E-state index in [2.05, 4.69) is 48.9 Å². The van der Waals surface area contributed by atoms with Crippen LogP contribution in [0.3, 0.4) is 0 Å². The Balaban J connectivity index is 1.76. The van der Waals surface area contributed by atoms with Crippen LogP contribution in [0.4, 0.5) is 5.69 Å². The van der Waals surface area contributed by atoms with Gasteiger partial charge in [-0.15, -0.1) is 0 Å². The summed E-state index contributed by atoms with van der Waals surface area (Å²) in [5.41, 5.74) is 3.49. The summed E-state index contributed by atoms with van der Waals surface area (Å²) in [4.78, 5) is 7.22. The minimum Gasteiger partial charge on any atom is -0.481 e. The van der Waals surface area contributed by atoms with Crippen LogP contribution < -0.4 is 0 Å². The predicted octanol–water partition coefficient (Wildman–Crippen LogP) is 4.88. The number of nitrogens with zero attached hydrogens (tertiary/aromatic N) is 2. The van der Waals surface area contributed by atoms with Gasteiger partial charge in [0.1, 0.15) is 0 Å². The van der Waals surface area contributed by atoms with E-state index in [1.165, 1.54) is 56.4 Å². The zero-order chi connectivity index (χ0) is 16.7. The molecule has 1 aliphatic heterocycles. The summed E-state index contributed by atoms with van der Waals surface area (Å²) in [7, 11) is 0. The third kappa shape index (κ3) is 5.98. The molecule has 1 aromatic carbocycles. The van der Waals surface area contributed by atoms with Crippen molar-refractivity contribution in [1.29, 1.82) is 0 Å². The maximum atomic E-state index is 5.92. The van der Waals surface area contributed by atoms with Gasteiger partial charge in [0, 0.05) is 6.92 Å². The van der Waals surface area contributed by atoms with E-state index in [1.807, 2.05) is 6.92 Å². The average Bonchev–Trinajstić information content (AvgIpc) is 2.54. The third-order valence-corrected chi connectivity index (χ3v) is 4.69. The molecule has 1 fully saturated rings. The fraction of sp³-hybridized carbons (Fsp3) is 0.650. The standard InChI is InChI=1S/C20H32N2O/c1-5-6-11-22-12-9-19(10-13-22)15-23-18(4)21-20-8-7-16(2)14-17(20)3/h7-8,14,19H,5-6,9-13,15H2,1-4H3. The van der Waals surface area contributed by atoms with Gasteiger partial charge in [-0.3, -0.25) is 0 Å². The van der Waals surface area contributed by atoms with E-state index in [-0.39, 0.29) is 0 Å². The molecular formula is C20H32N2O. The molecule has 0 atom stereocenters. The van der Waals surface area contributed by atoms with E-state index < -0.39 is 0 Å². The van der Waals surface area contributed by atoms with Gasteiger partial charge in [0.15, 0.2) is 5.90 Å². The maximum Gasteiger partial charge on any atom is 0.185 e. The number of hydrogen-bond donors (Lipinski definition) is 0. The number of benzene rings is 1. The molecule has 0 aliphatic carbocycles. The summed E-state index contributed by atoms with van der Waals surface area (Å²) in [5, 5.41) is 0. The third-order valence-electron chi connectivity index (χ3n) is 4.69. The fourth-order valence-corrected chi connectivity index (χ4v) is 3.13. The van der Waals surface area contributed by atoms with Crippen LogP contribution in [0.2, 0.25) is 0 Å². The van der Waals surface area contributed by atoms with Crippen molar-refractivity contribution in [3.05, 3.63) is 29.3 Å². The second kappa shape index (κ2) is 9.07. The Morgan fingerprint density at radius 3 is 2.65 bits per heavy atom. The van der Waals surface area contributed by atoms with Crippen LogP contribution in [0.15, 0.2) is 23.2 Å². The Labute approximate surface area is 141 Å². The van der Waals surface area contributed by atoms with Crippen molar-refractivity contribution in [3.63, 3.8) is 0 Å². The van der Waals surface area contributed by atoms with Gasteiger partial charge in [0.2, 0.25) is 0 Å². The first-order chi connectivity index (χ1) is 11.1. The Bertz CT molecular complexity index is 516. The maximum absolute atomic E-state index is 5.92. The number of aliphatic imine (C=N–C) groups is 1. The Morgan fingerprint density at radius 1 is 1.26 bits per heavy atom. The zero-order valence-corrected chi connectivity index (χ0v) is 15.3. The minimum absolute atomic E-state index is 0.678. The molecular weight excluding hydrogens is 284 g/mol. The lowest BCUT2D eigenvalue weighted by molar-refractivity contribution is 0.135. The summed E-state index contributed by atoms with van der Waals surface area (Å²) in [6, 6.07) is 6.34. The van der Waals surface area contributed by atoms with Crippen molar-refractivity contribution in [2.24, 2.45) is 10.9 Å². The second-order valence-corrected chi connectivity index (χ2v) is 6.87. The van der Waals surface area contributed by atoms with Crippen LogP contribution in [0.5, 0.6) is 0 Å². The number of rotatable bonds is 6. The summed E-state index contributed by atoms with van der Waals surface area (Å²) in [6.07, 6.45) is 5.11. The van der Waals surface area contributed by atoms with Crippen molar-refractivity contribution >= 4 is 11.6 Å². The molecule has 3 nitrogen and oxygen atoms in total. The minimum atomic E-state index is 0.678. The Hall–Kier alpha value is -1.35. The highest BCUT2D eigenvalue weighted by molar-refractivity contribution is 5.77. The molecule has 0 bridgehead atoms. The molecule has 1 heterocycles. The van der Waals surface area contributed by atoms with Gasteiger partial charge in [0.25, 0.3) is 0 Å². The molecule has 0 unspecified atom stereocenters. The van der Waals surface area contributed by atoms with Crippen LogP contribution in [0, 0.1) is 19.8 Å². The summed E-state index contributed by atoms with van der Waals surface area (Å²) < 4.78 is 5.92. The molecule has 23 heavy (non-hydrogen) atoms. The lowest BCUT2D eigenvalue weighted by Crippen LogP contribution is -2.35. The van der Waals surface area contributed by atoms with Gasteiger partial charge in [-0.2, -0.15) is 0 Å². The number of aryl methyl sites for hydroxylation is 2. The molecule has 0 radical (unpaired) electrons. The van der Waals surface area contributed by atoms with Gasteiger partial charge < -0.3 is 9.64 Å². The van der Waals surface area contributed by atoms with Crippen LogP contribution in [-0.2, 0) is 4.74 Å². The molecule has 1 aliphatic rings. The van der Waals surface area contributed by atoms with E-state index in [0.29, 0.717) is 5.92 Å². The summed E-state index contributed by atoms with van der Waals surface area (Å²) >= 11 is 0. The number of ether oxygens (including phenoxy) is 1. The number of likely N-dealkylation sites (tertiary alicyclic amines) is 1. The van der Waals surface area contributed by atoms with E-state index >= 15 is 0 Å². The highest BCUT2D eigenvalue weighted by Crippen LogP contribution is 2.21. The normalized spacial score (nSPS) is 17.5. The van der Waals surface area contributed by atoms with Crippen molar-refractivity contribution in [2.45, 2.75) is 53.4 Å². The smallest absolute Gasteiger partial charge is 0.185 e. The van der Waals surface area contributed by atoms with E-state index in [0.717, 1.165) is 18.2 Å². The van der Waals surface area contributed by atoms with E-state index in [1.54, 1.807) is 0 Å². The second-order valence-electron chi connectivity index (χ2n) is 6.87. The van der Waals surface area contributed by atoms with Gasteiger partial charge in [-0.1, -0.05) is 31.0 Å². The first kappa shape index (κ1) is 18.0. The first-order valence-corrected chi connectivity index (χ1v) is 9.06. The van der Waals surface area contributed by atoms with Crippen LogP contribution in [-0.4, -0.2) is 37.0 Å². The quantitative estimate of drug-likeness (QED) is 0.552. The van der Waals surface area contributed by atoms with Gasteiger partial charge in [0.05, 0.1) is 12.3 Å². The highest BCUT2D eigenvalue weighted by atomic mass is 16.5. The number of unbranched alkanes of at least 4 members (excludes halogenated alkanes) is 1. The topological polar surface area (TPSA) is 24.8 Å². The average molecular weight is 316 g/mol. The lowest BCUT2D eigenvalue weighted by atomic mass is 9.97. The van der Waals surface area contributed by atoms with E-state index in [4.69, 9.17) is 4.74 Å². The lowest BCUT2D eigenvalue weighted by Gasteiger charge is -2.31. The molecule has 1 aromatic rings. The van der Waals surface area contributed by atoms with Crippen LogP contribution >= 0.6 is 0 Å². The number of hydrogen-bond acceptors (Lipinski definition) is 3. The van der Waals surface area contributed by atoms with Crippen molar-refractivity contribution in [3.8, 4) is 0 Å². The summed E-state index contributed by atoms with van der Waals surface area (Å²) in [5.74, 6) is 1.46. The van der Waals surface area contributed by atoms with Crippen LogP contribution in [0.25, 0.3) is 0 Å². The Kier molecular flexibility index (Phi) is 7.10. The van der Waals surface area contributed by atoms with Crippen LogP contribution in [0.1, 0.15) is 50.7 Å². The largest absolute Gasteiger partial charge is 0.481 e. The molecule has 128 valence electrons. The van der Waals surface area contributed by atoms with E-state index in [9.17, 15) is 0 Å². The van der Waals surface area contributed by atoms with Crippen molar-refractivity contribution < 1.29 is 4.74 Å². The number of piperidine rings is 1. The SMILES string of the molecule is CCCCN1CCC(COC(C)=Nc2ccc(C)cc2C)CC1. The van der Waals surface area contributed by atoms with Crippen molar-refractivity contribution in [2.75, 3.05) is 26.2 Å². The van der Waals surface area contributed by atoms with Gasteiger partial charge in [-0.25, -0.2) is 4.99 Å². The molecule has 2 rings (SSSR count). The monoisotopic (exact) mass is 316 g/mol.